The molecule has 3 N–H and O–H groups in total. The van der Waals surface area contributed by atoms with Crippen LogP contribution >= 0.6 is 38.5 Å². The van der Waals surface area contributed by atoms with Crippen molar-refractivity contribution in [1.82, 2.24) is 10.3 Å². The van der Waals surface area contributed by atoms with Gasteiger partial charge in [0.2, 0.25) is 0 Å². The fourth-order valence-corrected chi connectivity index (χ4v) is 1.58. The van der Waals surface area contributed by atoms with Crippen LogP contribution in [0.5, 0.6) is 0 Å². The van der Waals surface area contributed by atoms with Gasteiger partial charge >= 0.3 is 6.03 Å². The third-order valence-corrected chi connectivity index (χ3v) is 3.89. The molecule has 0 saturated heterocycles. The zero-order valence-electron chi connectivity index (χ0n) is 7.42. The maximum absolute atomic E-state index is 10.6. The molecule has 2 amide bonds. The molecule has 0 aromatic carbocycles. The van der Waals surface area contributed by atoms with Gasteiger partial charge in [-0.1, -0.05) is 0 Å². The summed E-state index contributed by atoms with van der Waals surface area (Å²) in [5.41, 5.74) is 5.78. The number of pyridine rings is 1. The lowest BCUT2D eigenvalue weighted by Crippen LogP contribution is -2.32. The lowest BCUT2D eigenvalue weighted by atomic mass is 10.2. The van der Waals surface area contributed by atoms with Gasteiger partial charge in [-0.2, -0.15) is 0 Å². The molecule has 0 aliphatic heterocycles. The highest BCUT2D eigenvalue weighted by Gasteiger charge is 2.09. The average Bonchev–Trinajstić information content (AvgIpc) is 2.08. The summed E-state index contributed by atoms with van der Waals surface area (Å²) >= 11 is 5.56. The first-order chi connectivity index (χ1) is 6.50. The van der Waals surface area contributed by atoms with Crippen molar-refractivity contribution in [1.29, 1.82) is 0 Å². The van der Waals surface area contributed by atoms with Crippen LogP contribution in [-0.4, -0.2) is 11.0 Å². The van der Waals surface area contributed by atoms with E-state index in [9.17, 15) is 4.79 Å². The Morgan fingerprint density at radius 1 is 1.79 bits per heavy atom. The second kappa shape index (κ2) is 4.92. The highest BCUT2D eigenvalue weighted by Crippen LogP contribution is 2.21. The van der Waals surface area contributed by atoms with Crippen molar-refractivity contribution in [3.05, 3.63) is 26.0 Å². The normalized spacial score (nSPS) is 12.2. The van der Waals surface area contributed by atoms with E-state index in [2.05, 4.69) is 48.8 Å². The number of hydrogen-bond acceptors (Lipinski definition) is 2. The summed E-state index contributed by atoms with van der Waals surface area (Å²) in [4.78, 5) is 14.8. The van der Waals surface area contributed by atoms with E-state index in [1.807, 2.05) is 13.0 Å². The van der Waals surface area contributed by atoms with E-state index < -0.39 is 6.03 Å². The molecule has 0 spiro atoms. The molecule has 1 rings (SSSR count). The molecule has 14 heavy (non-hydrogen) atoms. The summed E-state index contributed by atoms with van der Waals surface area (Å²) in [7, 11) is 0. The molecule has 1 aromatic rings. The van der Waals surface area contributed by atoms with Crippen LogP contribution in [0.4, 0.5) is 4.79 Å². The predicted molar refractivity (Wildman–Crippen MR) is 65.8 cm³/mol. The number of hydrogen-bond donors (Lipinski definition) is 2. The summed E-state index contributed by atoms with van der Waals surface area (Å²) < 4.78 is 1.99. The minimum absolute atomic E-state index is 0.180. The Balaban J connectivity index is 2.85. The van der Waals surface area contributed by atoms with Gasteiger partial charge in [0.15, 0.2) is 0 Å². The van der Waals surface area contributed by atoms with E-state index in [-0.39, 0.29) is 6.04 Å². The molecule has 1 unspecified atom stereocenters. The number of carbonyl (C=O) groups excluding carboxylic acids is 1. The van der Waals surface area contributed by atoms with Crippen molar-refractivity contribution in [2.75, 3.05) is 0 Å². The Kier molecular flexibility index (Phi) is 4.11. The van der Waals surface area contributed by atoms with Crippen molar-refractivity contribution in [2.24, 2.45) is 5.73 Å². The van der Waals surface area contributed by atoms with Crippen LogP contribution < -0.4 is 11.1 Å². The maximum atomic E-state index is 10.6. The quantitative estimate of drug-likeness (QED) is 0.784. The summed E-state index contributed by atoms with van der Waals surface area (Å²) in [6, 6.07) is 1.14. The Morgan fingerprint density at radius 3 is 2.93 bits per heavy atom. The molecule has 0 radical (unpaired) electrons. The number of nitrogens with one attached hydrogen (secondary N) is 1. The smallest absolute Gasteiger partial charge is 0.312 e. The van der Waals surface area contributed by atoms with Crippen LogP contribution in [0.1, 0.15) is 18.7 Å². The number of rotatable bonds is 2. The van der Waals surface area contributed by atoms with E-state index in [0.29, 0.717) is 0 Å². The van der Waals surface area contributed by atoms with E-state index >= 15 is 0 Å². The number of nitrogens with zero attached hydrogens (tertiary/aromatic N) is 1. The van der Waals surface area contributed by atoms with Gasteiger partial charge in [-0.05, 0) is 51.5 Å². The molecular weight excluding hydrogens is 361 g/mol. The van der Waals surface area contributed by atoms with Gasteiger partial charge in [-0.15, -0.1) is 0 Å². The van der Waals surface area contributed by atoms with E-state index in [4.69, 9.17) is 5.73 Å². The largest absolute Gasteiger partial charge is 0.352 e. The highest BCUT2D eigenvalue weighted by molar-refractivity contribution is 14.1. The van der Waals surface area contributed by atoms with E-state index in [0.717, 1.165) is 13.7 Å². The second-order valence-electron chi connectivity index (χ2n) is 2.75. The Morgan fingerprint density at radius 2 is 2.43 bits per heavy atom. The first-order valence-electron chi connectivity index (χ1n) is 3.87. The Bertz CT molecular complexity index is 358. The number of halogens is 2. The molecule has 0 saturated carbocycles. The summed E-state index contributed by atoms with van der Waals surface area (Å²) in [6.07, 6.45) is 1.74. The number of nitrogens with two attached hydrogens (primary N) is 1. The van der Waals surface area contributed by atoms with Crippen molar-refractivity contribution in [3.63, 3.8) is 0 Å². The van der Waals surface area contributed by atoms with Gasteiger partial charge in [-0.25, -0.2) is 4.79 Å². The van der Waals surface area contributed by atoms with Gasteiger partial charge in [0.1, 0.15) is 0 Å². The standard InChI is InChI=1S/C8H9BrIN3O/c1-4(13-8(11)14)7-2-5(9)6(10)3-12-7/h2-4H,1H3,(H3,11,13,14). The molecule has 0 aliphatic carbocycles. The van der Waals surface area contributed by atoms with E-state index in [1.165, 1.54) is 0 Å². The Hall–Kier alpha value is -0.370. The van der Waals surface area contributed by atoms with Gasteiger partial charge in [0.25, 0.3) is 0 Å². The molecular formula is C8H9BrIN3O. The number of carbonyl (C=O) groups is 1. The molecule has 6 heteroatoms. The monoisotopic (exact) mass is 369 g/mol. The van der Waals surface area contributed by atoms with Gasteiger partial charge in [-0.3, -0.25) is 4.98 Å². The van der Waals surface area contributed by atoms with Crippen LogP contribution in [0, 0.1) is 3.57 Å². The van der Waals surface area contributed by atoms with Crippen molar-refractivity contribution < 1.29 is 4.79 Å². The van der Waals surface area contributed by atoms with Crippen LogP contribution in [0.2, 0.25) is 0 Å². The van der Waals surface area contributed by atoms with Gasteiger partial charge in [0, 0.05) is 14.2 Å². The zero-order valence-corrected chi connectivity index (χ0v) is 11.2. The summed E-state index contributed by atoms with van der Waals surface area (Å²) in [6.45, 7) is 1.83. The first kappa shape index (κ1) is 11.7. The number of amides is 2. The summed E-state index contributed by atoms with van der Waals surface area (Å²) in [5, 5.41) is 2.56. The lowest BCUT2D eigenvalue weighted by Gasteiger charge is -2.11. The molecule has 0 aliphatic rings. The minimum Gasteiger partial charge on any atom is -0.352 e. The van der Waals surface area contributed by atoms with Crippen molar-refractivity contribution in [2.45, 2.75) is 13.0 Å². The van der Waals surface area contributed by atoms with Crippen LogP contribution in [0.25, 0.3) is 0 Å². The van der Waals surface area contributed by atoms with E-state index in [1.54, 1.807) is 6.20 Å². The average molecular weight is 370 g/mol. The molecule has 0 bridgehead atoms. The summed E-state index contributed by atoms with van der Waals surface area (Å²) in [5.74, 6) is 0. The van der Waals surface area contributed by atoms with Crippen LogP contribution in [0.15, 0.2) is 16.7 Å². The number of primary amides is 1. The number of aromatic nitrogens is 1. The van der Waals surface area contributed by atoms with Crippen LogP contribution in [-0.2, 0) is 0 Å². The molecule has 1 heterocycles. The fourth-order valence-electron chi connectivity index (χ4n) is 0.953. The Labute approximate surface area is 104 Å². The maximum Gasteiger partial charge on any atom is 0.312 e. The van der Waals surface area contributed by atoms with Crippen LogP contribution in [0.3, 0.4) is 0 Å². The predicted octanol–water partition coefficient (Wildman–Crippen LogP) is 2.18. The molecule has 4 nitrogen and oxygen atoms in total. The topological polar surface area (TPSA) is 68.0 Å². The lowest BCUT2D eigenvalue weighted by molar-refractivity contribution is 0.246. The highest BCUT2D eigenvalue weighted by atomic mass is 127. The third-order valence-electron chi connectivity index (χ3n) is 1.63. The molecule has 0 fully saturated rings. The van der Waals surface area contributed by atoms with Gasteiger partial charge in [0.05, 0.1) is 11.7 Å². The van der Waals surface area contributed by atoms with Crippen molar-refractivity contribution >= 4 is 44.6 Å². The third kappa shape index (κ3) is 3.09. The molecule has 1 atom stereocenters. The second-order valence-corrected chi connectivity index (χ2v) is 4.77. The van der Waals surface area contributed by atoms with Crippen molar-refractivity contribution in [3.8, 4) is 0 Å². The van der Waals surface area contributed by atoms with Gasteiger partial charge < -0.3 is 11.1 Å². The first-order valence-corrected chi connectivity index (χ1v) is 5.75. The minimum atomic E-state index is -0.547. The SMILES string of the molecule is CC(NC(N)=O)c1cc(Br)c(I)cn1. The molecule has 1 aromatic heterocycles. The molecule has 76 valence electrons. The number of urea groups is 1. The zero-order chi connectivity index (χ0) is 10.7. The fraction of sp³-hybridized carbons (Fsp3) is 0.250.